The molecule has 2 aromatic heterocycles. The first kappa shape index (κ1) is 34.4. The number of ether oxygens (including phenoxy) is 2. The summed E-state index contributed by atoms with van der Waals surface area (Å²) < 4.78 is 41.9. The Bertz CT molecular complexity index is 2070. The van der Waals surface area contributed by atoms with Gasteiger partial charge in [-0.3, -0.25) is 23.7 Å². The molecule has 0 saturated carbocycles. The van der Waals surface area contributed by atoms with Crippen molar-refractivity contribution in [3.05, 3.63) is 88.5 Å². The molecular formula is C37H40F2N8O4. The molecule has 0 radical (unpaired) electrons. The molecule has 0 unspecified atom stereocenters. The van der Waals surface area contributed by atoms with Gasteiger partial charge >= 0.3 is 5.69 Å². The predicted molar refractivity (Wildman–Crippen MR) is 187 cm³/mol. The average Bonchev–Trinajstić information content (AvgIpc) is 3.41. The maximum Gasteiger partial charge on any atom is 0.334 e. The van der Waals surface area contributed by atoms with E-state index in [0.29, 0.717) is 42.1 Å². The van der Waals surface area contributed by atoms with Crippen LogP contribution in [0.25, 0.3) is 16.7 Å². The molecule has 12 nitrogen and oxygen atoms in total. The van der Waals surface area contributed by atoms with Crippen molar-refractivity contribution < 1.29 is 23.0 Å². The lowest BCUT2D eigenvalue weighted by Crippen LogP contribution is -2.59. The number of hydrogen-bond donors (Lipinski definition) is 1. The molecule has 0 bridgehead atoms. The number of piperidine rings is 1. The van der Waals surface area contributed by atoms with Crippen LogP contribution < -0.4 is 16.2 Å². The van der Waals surface area contributed by atoms with Crippen LogP contribution in [0.4, 0.5) is 14.6 Å². The van der Waals surface area contributed by atoms with Crippen molar-refractivity contribution in [3.8, 4) is 23.3 Å². The first-order valence-electron chi connectivity index (χ1n) is 17.1. The second kappa shape index (κ2) is 13.9. The Morgan fingerprint density at radius 1 is 1.06 bits per heavy atom. The van der Waals surface area contributed by atoms with Gasteiger partial charge in [0.1, 0.15) is 28.7 Å². The maximum absolute atomic E-state index is 14.3. The summed E-state index contributed by atoms with van der Waals surface area (Å²) in [5.74, 6) is -2.37. The topological polar surface area (TPSA) is 135 Å². The zero-order valence-corrected chi connectivity index (χ0v) is 28.6. The van der Waals surface area contributed by atoms with Gasteiger partial charge in [0.05, 0.1) is 36.5 Å². The van der Waals surface area contributed by atoms with E-state index in [-0.39, 0.29) is 41.0 Å². The minimum absolute atomic E-state index is 0.0825. The van der Waals surface area contributed by atoms with E-state index in [1.54, 1.807) is 45.9 Å². The molecule has 266 valence electrons. The number of halogens is 2. The number of nitriles is 1. The maximum atomic E-state index is 14.3. The lowest BCUT2D eigenvalue weighted by atomic mass is 9.96. The molecule has 3 aliphatic heterocycles. The van der Waals surface area contributed by atoms with Gasteiger partial charge in [0.2, 0.25) is 5.82 Å². The van der Waals surface area contributed by atoms with E-state index in [1.807, 2.05) is 13.8 Å². The van der Waals surface area contributed by atoms with Crippen LogP contribution in [0.5, 0.6) is 11.5 Å². The molecule has 1 atom stereocenters. The van der Waals surface area contributed by atoms with Gasteiger partial charge in [-0.1, -0.05) is 6.07 Å². The zero-order valence-electron chi connectivity index (χ0n) is 28.6. The second-order valence-electron chi connectivity index (χ2n) is 13.8. The number of pyridine rings is 1. The highest BCUT2D eigenvalue weighted by atomic mass is 19.2. The van der Waals surface area contributed by atoms with Crippen molar-refractivity contribution >= 4 is 22.8 Å². The molecule has 3 aliphatic rings. The van der Waals surface area contributed by atoms with Crippen LogP contribution in [-0.2, 0) is 9.53 Å². The summed E-state index contributed by atoms with van der Waals surface area (Å²) in [6.45, 7) is 9.76. The molecule has 3 saturated heterocycles. The van der Waals surface area contributed by atoms with Crippen LogP contribution >= 0.6 is 0 Å². The SMILES string of the molecule is CC(C)(/C=C(/C#N)C(=O)N1CCC[C@@H](n2c(=O)n(-c3ccc(Oc4cccc(F)c4F)cc3)c3c(N)nccc32)C1)N1CCN(C2COC2)CC1. The number of nitrogens with zero attached hydrogens (tertiary/aromatic N) is 7. The molecule has 4 aromatic rings. The summed E-state index contributed by atoms with van der Waals surface area (Å²) in [5.41, 5.74) is 6.95. The first-order valence-corrected chi connectivity index (χ1v) is 17.1. The Labute approximate surface area is 293 Å². The van der Waals surface area contributed by atoms with Gasteiger partial charge in [-0.15, -0.1) is 0 Å². The number of aromatic nitrogens is 3. The number of amides is 1. The van der Waals surface area contributed by atoms with E-state index in [1.165, 1.54) is 22.9 Å². The van der Waals surface area contributed by atoms with Gasteiger partial charge in [-0.05, 0) is 75.2 Å². The fourth-order valence-electron chi connectivity index (χ4n) is 7.34. The van der Waals surface area contributed by atoms with Crippen molar-refractivity contribution in [3.63, 3.8) is 0 Å². The lowest BCUT2D eigenvalue weighted by Gasteiger charge is -2.46. The highest BCUT2D eigenvalue weighted by Gasteiger charge is 2.35. The van der Waals surface area contributed by atoms with Crippen LogP contribution in [0, 0.1) is 23.0 Å². The predicted octanol–water partition coefficient (Wildman–Crippen LogP) is 4.25. The number of nitrogen functional groups attached to an aromatic ring is 1. The van der Waals surface area contributed by atoms with Gasteiger partial charge in [0.25, 0.3) is 5.91 Å². The summed E-state index contributed by atoms with van der Waals surface area (Å²) in [7, 11) is 0. The number of carbonyl (C=O) groups is 1. The van der Waals surface area contributed by atoms with Crippen LogP contribution in [0.2, 0.25) is 0 Å². The number of hydrogen-bond acceptors (Lipinski definition) is 9. The molecule has 1 amide bonds. The van der Waals surface area contributed by atoms with Crippen molar-refractivity contribution in [1.29, 1.82) is 5.26 Å². The third kappa shape index (κ3) is 6.60. The van der Waals surface area contributed by atoms with Gasteiger partial charge in [0, 0.05) is 51.0 Å². The number of imidazole rings is 1. The molecule has 2 aromatic carbocycles. The normalized spacial score (nSPS) is 19.5. The minimum atomic E-state index is -1.10. The Balaban J connectivity index is 1.12. The Morgan fingerprint density at radius 3 is 2.49 bits per heavy atom. The molecule has 14 heteroatoms. The quantitative estimate of drug-likeness (QED) is 0.212. The number of piperazine rings is 1. The number of likely N-dealkylation sites (tertiary alicyclic amines) is 1. The first-order chi connectivity index (χ1) is 24.6. The van der Waals surface area contributed by atoms with Crippen LogP contribution in [-0.4, -0.2) is 98.8 Å². The van der Waals surface area contributed by atoms with Crippen molar-refractivity contribution in [1.82, 2.24) is 28.8 Å². The Morgan fingerprint density at radius 2 is 1.80 bits per heavy atom. The van der Waals surface area contributed by atoms with Crippen LogP contribution in [0.15, 0.2) is 71.2 Å². The molecule has 0 aliphatic carbocycles. The van der Waals surface area contributed by atoms with Gasteiger partial charge < -0.3 is 20.1 Å². The van der Waals surface area contributed by atoms with Gasteiger partial charge in [-0.25, -0.2) is 14.2 Å². The second-order valence-corrected chi connectivity index (χ2v) is 13.8. The molecule has 51 heavy (non-hydrogen) atoms. The largest absolute Gasteiger partial charge is 0.454 e. The monoisotopic (exact) mass is 698 g/mol. The number of carbonyl (C=O) groups excluding carboxylic acids is 1. The standard InChI is InChI=1S/C37H40F2N8O4/c1-37(2,45-17-15-43(16-18-45)27-22-50-23-27)19-24(20-40)35(48)44-14-4-5-26(21-44)46-30-12-13-42-34(41)33(30)47(36(46)49)25-8-10-28(11-9-25)51-31-7-3-6-29(38)32(31)39/h3,6-13,19,26-27H,4-5,14-18,21-23H2,1-2H3,(H2,41,42)/b24-19-/t26-/m1/s1. The van der Waals surface area contributed by atoms with Crippen molar-refractivity contribution in [2.75, 3.05) is 58.2 Å². The highest BCUT2D eigenvalue weighted by molar-refractivity contribution is 5.97. The van der Waals surface area contributed by atoms with Crippen LogP contribution in [0.3, 0.4) is 0 Å². The number of rotatable bonds is 8. The number of fused-ring (bicyclic) bond motifs is 1. The third-order valence-corrected chi connectivity index (χ3v) is 10.2. The number of nitrogens with two attached hydrogens (primary N) is 1. The van der Waals surface area contributed by atoms with E-state index in [0.717, 1.165) is 45.5 Å². The third-order valence-electron chi connectivity index (χ3n) is 10.2. The minimum Gasteiger partial charge on any atom is -0.454 e. The molecule has 2 N–H and O–H groups in total. The van der Waals surface area contributed by atoms with E-state index in [9.17, 15) is 23.6 Å². The fourth-order valence-corrected chi connectivity index (χ4v) is 7.34. The van der Waals surface area contributed by atoms with E-state index in [2.05, 4.69) is 20.9 Å². The molecular weight excluding hydrogens is 658 g/mol. The van der Waals surface area contributed by atoms with E-state index < -0.39 is 23.2 Å². The summed E-state index contributed by atoms with van der Waals surface area (Å²) >= 11 is 0. The Hall–Kier alpha value is -5.10. The summed E-state index contributed by atoms with van der Waals surface area (Å²) in [6.07, 6.45) is 4.58. The summed E-state index contributed by atoms with van der Waals surface area (Å²) in [5, 5.41) is 10.2. The molecule has 0 spiro atoms. The average molecular weight is 699 g/mol. The lowest BCUT2D eigenvalue weighted by molar-refractivity contribution is -0.128. The van der Waals surface area contributed by atoms with Gasteiger partial charge in [0.15, 0.2) is 11.6 Å². The van der Waals surface area contributed by atoms with Crippen molar-refractivity contribution in [2.24, 2.45) is 0 Å². The molecule has 7 rings (SSSR count). The zero-order chi connectivity index (χ0) is 35.9. The Kier molecular flexibility index (Phi) is 9.36. The highest BCUT2D eigenvalue weighted by Crippen LogP contribution is 2.31. The molecule has 3 fully saturated rings. The molecule has 5 heterocycles. The smallest absolute Gasteiger partial charge is 0.334 e. The number of benzene rings is 2. The van der Waals surface area contributed by atoms with E-state index in [4.69, 9.17) is 15.2 Å². The summed E-state index contributed by atoms with van der Waals surface area (Å²) in [6, 6.07) is 14.0. The number of anilines is 1. The fraction of sp³-hybridized carbons (Fsp3) is 0.405. The van der Waals surface area contributed by atoms with Gasteiger partial charge in [-0.2, -0.15) is 9.65 Å². The summed E-state index contributed by atoms with van der Waals surface area (Å²) in [4.78, 5) is 38.8. The van der Waals surface area contributed by atoms with E-state index >= 15 is 0 Å². The van der Waals surface area contributed by atoms with Crippen molar-refractivity contribution in [2.45, 2.75) is 44.3 Å². The van der Waals surface area contributed by atoms with Crippen LogP contribution in [0.1, 0.15) is 32.7 Å².